The van der Waals surface area contributed by atoms with Crippen molar-refractivity contribution in [1.82, 2.24) is 39.9 Å². The van der Waals surface area contributed by atoms with Crippen molar-refractivity contribution in [3.8, 4) is 37.0 Å². The number of benzene rings is 1. The molecule has 10 heteroatoms. The fraction of sp³-hybridized carbons (Fsp3) is 0.383. The smallest absolute Gasteiger partial charge is 0.126 e. The zero-order valence-electron chi connectivity index (χ0n) is 60.8. The predicted octanol–water partition coefficient (Wildman–Crippen LogP) is 28.5. The minimum absolute atomic E-state index is 0. The molecule has 0 aliphatic heterocycles. The molecule has 0 amide bonds. The van der Waals surface area contributed by atoms with Gasteiger partial charge in [0.25, 0.3) is 0 Å². The minimum Gasteiger partial charge on any atom is -0.264 e. The number of hydrogen-bond donors (Lipinski definition) is 0. The highest BCUT2D eigenvalue weighted by Gasteiger charge is 2.07. The Balaban J connectivity index is -0.000000165. The first-order valence-electron chi connectivity index (χ1n) is 32.9. The van der Waals surface area contributed by atoms with Crippen molar-refractivity contribution >= 4 is 29.8 Å². The van der Waals surface area contributed by atoms with E-state index in [4.69, 9.17) is 30.9 Å². The Bertz CT molecular complexity index is 3650. The molecule has 0 saturated heterocycles. The van der Waals surface area contributed by atoms with Gasteiger partial charge in [-0.15, -0.1) is 19.3 Å². The molecule has 9 rings (SSSR count). The van der Waals surface area contributed by atoms with Crippen LogP contribution >= 0.6 is 11.6 Å². The average molecular weight is 1430 g/mol. The summed E-state index contributed by atoms with van der Waals surface area (Å²) in [5, 5.41) is 0.810. The summed E-state index contributed by atoms with van der Waals surface area (Å²) in [6.07, 6.45) is 33.6. The predicted molar refractivity (Wildman–Crippen MR) is 465 cm³/mol. The van der Waals surface area contributed by atoms with E-state index < -0.39 is 0 Å². The van der Waals surface area contributed by atoms with Gasteiger partial charge in [-0.1, -0.05) is 276 Å². The molecule has 0 atom stereocenters. The van der Waals surface area contributed by atoms with E-state index in [9.17, 15) is 4.39 Å². The molecule has 0 bridgehead atoms. The van der Waals surface area contributed by atoms with Crippen LogP contribution in [-0.2, 0) is 0 Å². The molecule has 1 aromatic carbocycles. The summed E-state index contributed by atoms with van der Waals surface area (Å²) in [5.41, 5.74) is 16.6. The molecule has 0 aliphatic carbocycles. The van der Waals surface area contributed by atoms with E-state index in [2.05, 4.69) is 212 Å². The molecule has 0 N–H and O–H groups in total. The van der Waals surface area contributed by atoms with E-state index in [0.717, 1.165) is 73.0 Å². The monoisotopic (exact) mass is 1430 g/mol. The SMILES string of the molecule is C.C.C.C.C.C.C.C.C#Cc1cc(C(C)C)ccn1.C#Cc1cccc(C(C)C)n1.C#Cc1ncccc1C(C)C.C=Cc1cc(C(C)C)ccn1.C=Cc1cccc(C(C)C)n1.C=Cc1ncccc1C(C)C.CC(C)c1ccccc1F.CC(C)c1cnccc1Cl.Cc1ccc(C(C)C)cn1. The maximum Gasteiger partial charge on any atom is 0.126 e. The highest BCUT2D eigenvalue weighted by molar-refractivity contribution is 6.31. The summed E-state index contributed by atoms with van der Waals surface area (Å²) in [7, 11) is 0. The Kier molecular flexibility index (Phi) is 66.0. The van der Waals surface area contributed by atoms with Crippen molar-refractivity contribution in [1.29, 1.82) is 0 Å². The molecule has 104 heavy (non-hydrogen) atoms. The molecular formula is C94H138ClFN8. The Labute approximate surface area is 643 Å². The molecule has 0 unspecified atom stereocenters. The first-order valence-corrected chi connectivity index (χ1v) is 33.3. The number of hydrogen-bond acceptors (Lipinski definition) is 8. The second kappa shape index (κ2) is 62.1. The van der Waals surface area contributed by atoms with E-state index >= 15 is 0 Å². The summed E-state index contributed by atoms with van der Waals surface area (Å²) in [6, 6.07) is 40.7. The van der Waals surface area contributed by atoms with Crippen LogP contribution < -0.4 is 0 Å². The number of terminal acetylenes is 3. The largest absolute Gasteiger partial charge is 0.264 e. The quantitative estimate of drug-likeness (QED) is 0.111. The fourth-order valence-electron chi connectivity index (χ4n) is 8.25. The standard InChI is InChI=1S/C10H13N.C10H11N.C10H13N.C10H11N.C10H13N.C10H11N.C9H11F.C9H13N.C8H10ClN.8CH4/c2*1-4-10-7-9(8(2)3)5-6-11-10;2*1-4-10-9(8(2)3)6-5-7-11-10;2*1-4-9-6-5-7-10(11-9)8(2)3;1-7(2)8-5-3-4-6-9(8)10;1-7(2)9-5-4-8(3)10-6-9;1-6(2)7-5-10-4-3-8(7)9;;;;;;;;/h4-8H,1H2,2-3H3;1,5-8H,2-3H3;4-8H,1H2,2-3H3;1,5-8H,2-3H3;4-8H,1H2,2-3H3;1,5-8H,2-3H3;3-7H,1-2H3;4-7H,1-3H3;3-6H,1-2H3;8*1H4. The molecule has 9 aromatic rings. The van der Waals surface area contributed by atoms with Crippen molar-refractivity contribution in [3.05, 3.63) is 292 Å². The summed E-state index contributed by atoms with van der Waals surface area (Å²) < 4.78 is 12.8. The molecule has 8 nitrogen and oxygen atoms in total. The molecular weight excluding hydrogens is 1300 g/mol. The van der Waals surface area contributed by atoms with Crippen LogP contribution in [-0.4, -0.2) is 39.9 Å². The van der Waals surface area contributed by atoms with Gasteiger partial charge in [-0.05, 0) is 202 Å². The van der Waals surface area contributed by atoms with Gasteiger partial charge in [-0.3, -0.25) is 24.9 Å². The van der Waals surface area contributed by atoms with Crippen LogP contribution in [0.25, 0.3) is 18.2 Å². The molecule has 8 heterocycles. The summed E-state index contributed by atoms with van der Waals surface area (Å²) in [4.78, 5) is 33.2. The summed E-state index contributed by atoms with van der Waals surface area (Å²) in [6.45, 7) is 51.2. The average Bonchev–Trinajstić information content (AvgIpc) is 0.852. The maximum absolute atomic E-state index is 12.8. The van der Waals surface area contributed by atoms with Gasteiger partial charge in [0.15, 0.2) is 0 Å². The zero-order chi connectivity index (χ0) is 72.3. The van der Waals surface area contributed by atoms with Gasteiger partial charge < -0.3 is 0 Å². The molecule has 0 saturated carbocycles. The minimum atomic E-state index is -0.0995. The third-order valence-electron chi connectivity index (χ3n) is 14.2. The van der Waals surface area contributed by atoms with E-state index in [1.54, 1.807) is 49.1 Å². The van der Waals surface area contributed by atoms with Crippen molar-refractivity contribution in [2.24, 2.45) is 0 Å². The van der Waals surface area contributed by atoms with Crippen LogP contribution in [0.3, 0.4) is 0 Å². The van der Waals surface area contributed by atoms with E-state index in [-0.39, 0.29) is 71.1 Å². The second-order valence-electron chi connectivity index (χ2n) is 24.9. The van der Waals surface area contributed by atoms with Crippen LogP contribution in [0.15, 0.2) is 191 Å². The Morgan fingerprint density at radius 2 is 0.856 bits per heavy atom. The summed E-state index contributed by atoms with van der Waals surface area (Å²) >= 11 is 5.88. The Morgan fingerprint density at radius 1 is 0.375 bits per heavy atom. The zero-order valence-corrected chi connectivity index (χ0v) is 61.5. The molecule has 0 spiro atoms. The van der Waals surface area contributed by atoms with Gasteiger partial charge in [-0.25, -0.2) is 19.3 Å². The van der Waals surface area contributed by atoms with Gasteiger partial charge >= 0.3 is 0 Å². The van der Waals surface area contributed by atoms with Gasteiger partial charge in [0, 0.05) is 65.5 Å². The molecule has 0 fully saturated rings. The van der Waals surface area contributed by atoms with Crippen LogP contribution in [0.5, 0.6) is 0 Å². The summed E-state index contributed by atoms with van der Waals surface area (Å²) in [5.74, 6) is 11.8. The third-order valence-corrected chi connectivity index (χ3v) is 14.6. The second-order valence-corrected chi connectivity index (χ2v) is 25.3. The van der Waals surface area contributed by atoms with Gasteiger partial charge in [0.05, 0.1) is 17.1 Å². The highest BCUT2D eigenvalue weighted by atomic mass is 35.5. The number of rotatable bonds is 12. The maximum atomic E-state index is 12.8. The molecule has 568 valence electrons. The van der Waals surface area contributed by atoms with E-state index in [0.29, 0.717) is 47.3 Å². The fourth-order valence-corrected chi connectivity index (χ4v) is 8.57. The van der Waals surface area contributed by atoms with E-state index in [1.165, 1.54) is 28.3 Å². The number of pyridine rings is 8. The highest BCUT2D eigenvalue weighted by Crippen LogP contribution is 2.23. The molecule has 8 aromatic heterocycles. The molecule has 0 aliphatic rings. The van der Waals surface area contributed by atoms with Crippen LogP contribution in [0.2, 0.25) is 5.02 Å². The Morgan fingerprint density at radius 3 is 1.27 bits per heavy atom. The lowest BCUT2D eigenvalue weighted by Crippen LogP contribution is -1.94. The van der Waals surface area contributed by atoms with Crippen molar-refractivity contribution in [2.75, 3.05) is 0 Å². The van der Waals surface area contributed by atoms with Gasteiger partial charge in [0.1, 0.15) is 22.9 Å². The Hall–Kier alpha value is -9.46. The lowest BCUT2D eigenvalue weighted by atomic mass is 10.0. The lowest BCUT2D eigenvalue weighted by molar-refractivity contribution is 0.598. The number of aryl methyl sites for hydroxylation is 1. The van der Waals surface area contributed by atoms with Crippen LogP contribution in [0.4, 0.5) is 4.39 Å². The van der Waals surface area contributed by atoms with Gasteiger partial charge in [0.2, 0.25) is 0 Å². The number of halogens is 2. The number of nitrogens with zero attached hydrogens (tertiary/aromatic N) is 8. The number of aromatic nitrogens is 8. The van der Waals surface area contributed by atoms with E-state index in [1.807, 2.05) is 130 Å². The first kappa shape index (κ1) is 110. The topological polar surface area (TPSA) is 103 Å². The van der Waals surface area contributed by atoms with Crippen molar-refractivity contribution in [2.45, 2.75) is 244 Å². The van der Waals surface area contributed by atoms with Crippen LogP contribution in [0, 0.1) is 49.8 Å². The van der Waals surface area contributed by atoms with Crippen LogP contribution in [0.1, 0.15) is 327 Å². The van der Waals surface area contributed by atoms with Crippen molar-refractivity contribution < 1.29 is 4.39 Å². The lowest BCUT2D eigenvalue weighted by Gasteiger charge is -2.06. The third kappa shape index (κ3) is 44.1. The first-order chi connectivity index (χ1) is 45.6. The van der Waals surface area contributed by atoms with Gasteiger partial charge in [-0.2, -0.15) is 0 Å². The normalized spacial score (nSPS) is 9.26. The van der Waals surface area contributed by atoms with Crippen molar-refractivity contribution in [3.63, 3.8) is 0 Å². The molecule has 0 radical (unpaired) electrons.